The first-order valence-electron chi connectivity index (χ1n) is 5.56. The average Bonchev–Trinajstić information content (AvgIpc) is 2.39. The van der Waals surface area contributed by atoms with Gasteiger partial charge in [0.2, 0.25) is 5.91 Å². The van der Waals surface area contributed by atoms with Gasteiger partial charge in [0.15, 0.2) is 0 Å². The summed E-state index contributed by atoms with van der Waals surface area (Å²) in [5.41, 5.74) is 6.25. The normalized spacial score (nSPS) is 11.3. The van der Waals surface area contributed by atoms with Crippen LogP contribution in [0.5, 0.6) is 0 Å². The second-order valence-corrected chi connectivity index (χ2v) is 3.79. The molecule has 0 aliphatic heterocycles. The van der Waals surface area contributed by atoms with Crippen LogP contribution >= 0.6 is 0 Å². The van der Waals surface area contributed by atoms with Crippen molar-refractivity contribution in [2.45, 2.75) is 13.0 Å². The minimum atomic E-state index is -0.289. The maximum Gasteiger partial charge on any atom is 0.230 e. The maximum atomic E-state index is 11.8. The van der Waals surface area contributed by atoms with Crippen LogP contribution in [0.15, 0.2) is 35.5 Å². The summed E-state index contributed by atoms with van der Waals surface area (Å²) in [6.45, 7) is 0.472. The average molecular weight is 251 g/mol. The van der Waals surface area contributed by atoms with Crippen molar-refractivity contribution in [2.24, 2.45) is 10.9 Å². The number of amides is 1. The number of benzene rings is 1. The molecule has 0 aromatic heterocycles. The lowest BCUT2D eigenvalue weighted by molar-refractivity contribution is -0.131. The summed E-state index contributed by atoms with van der Waals surface area (Å²) in [6, 6.07) is 9.42. The molecule has 0 unspecified atom stereocenters. The van der Waals surface area contributed by atoms with Crippen molar-refractivity contribution in [2.75, 3.05) is 13.2 Å². The Morgan fingerprint density at radius 2 is 2.00 bits per heavy atom. The van der Waals surface area contributed by atoms with Gasteiger partial charge in [-0.15, -0.1) is 0 Å². The summed E-state index contributed by atoms with van der Waals surface area (Å²) in [7, 11) is 0. The molecule has 18 heavy (non-hydrogen) atoms. The highest BCUT2D eigenvalue weighted by atomic mass is 16.4. The molecule has 4 N–H and O–H groups in total. The van der Waals surface area contributed by atoms with Crippen LogP contribution in [0.1, 0.15) is 12.0 Å². The van der Waals surface area contributed by atoms with E-state index >= 15 is 0 Å². The van der Waals surface area contributed by atoms with Crippen molar-refractivity contribution in [1.82, 2.24) is 4.90 Å². The summed E-state index contributed by atoms with van der Waals surface area (Å²) < 4.78 is 0. The van der Waals surface area contributed by atoms with Gasteiger partial charge in [0, 0.05) is 13.1 Å². The molecule has 0 saturated heterocycles. The Kier molecular flexibility index (Phi) is 5.66. The number of carbonyl (C=O) groups is 1. The first kappa shape index (κ1) is 14.0. The minimum Gasteiger partial charge on any atom is -0.409 e. The molecule has 0 radical (unpaired) electrons. The lowest BCUT2D eigenvalue weighted by Crippen LogP contribution is -2.35. The Labute approximate surface area is 105 Å². The van der Waals surface area contributed by atoms with Crippen LogP contribution in [-0.4, -0.2) is 40.1 Å². The molecule has 6 heteroatoms. The number of carbonyl (C=O) groups excluding carboxylic acids is 1. The van der Waals surface area contributed by atoms with Gasteiger partial charge < -0.3 is 20.9 Å². The van der Waals surface area contributed by atoms with Crippen LogP contribution in [0, 0.1) is 0 Å². The molecule has 6 nitrogen and oxygen atoms in total. The third-order valence-corrected chi connectivity index (χ3v) is 2.40. The summed E-state index contributed by atoms with van der Waals surface area (Å²) in [5, 5.41) is 20.1. The van der Waals surface area contributed by atoms with Crippen LogP contribution in [0.2, 0.25) is 0 Å². The molecule has 1 rings (SSSR count). The molecule has 0 atom stereocenters. The molecule has 0 bridgehead atoms. The van der Waals surface area contributed by atoms with Gasteiger partial charge in [0.25, 0.3) is 0 Å². The molecule has 0 saturated carbocycles. The van der Waals surface area contributed by atoms with Gasteiger partial charge in [0.1, 0.15) is 5.84 Å². The van der Waals surface area contributed by atoms with Crippen molar-refractivity contribution in [1.29, 1.82) is 0 Å². The Hall–Kier alpha value is -2.08. The summed E-state index contributed by atoms with van der Waals surface area (Å²) in [4.78, 5) is 13.3. The highest BCUT2D eigenvalue weighted by Crippen LogP contribution is 2.05. The van der Waals surface area contributed by atoms with Crippen molar-refractivity contribution in [3.63, 3.8) is 0 Å². The smallest absolute Gasteiger partial charge is 0.230 e. The van der Waals surface area contributed by atoms with Crippen molar-refractivity contribution >= 4 is 11.7 Å². The Morgan fingerprint density at radius 3 is 2.56 bits per heavy atom. The first-order valence-corrected chi connectivity index (χ1v) is 5.56. The molecule has 98 valence electrons. The standard InChI is InChI=1S/C12H17N3O3/c13-11(14-18)8-12(17)15(6-7-16)9-10-4-2-1-3-5-10/h1-5,16,18H,6-9H2,(H2,13,14). The number of rotatable bonds is 6. The van der Waals surface area contributed by atoms with Crippen molar-refractivity contribution < 1.29 is 15.1 Å². The zero-order valence-electron chi connectivity index (χ0n) is 9.99. The predicted octanol–water partition coefficient (Wildman–Crippen LogP) is 0.144. The summed E-state index contributed by atoms with van der Waals surface area (Å²) in [6.07, 6.45) is -0.163. The van der Waals surface area contributed by atoms with E-state index in [-0.39, 0.29) is 31.3 Å². The number of aliphatic hydroxyl groups excluding tert-OH is 1. The lowest BCUT2D eigenvalue weighted by atomic mass is 10.2. The Balaban J connectivity index is 2.67. The van der Waals surface area contributed by atoms with Crippen molar-refractivity contribution in [3.05, 3.63) is 35.9 Å². The van der Waals surface area contributed by atoms with Crippen LogP contribution in [0.25, 0.3) is 0 Å². The molecule has 0 spiro atoms. The van der Waals surface area contributed by atoms with Gasteiger partial charge in [-0.25, -0.2) is 0 Å². The van der Waals surface area contributed by atoms with E-state index in [1.54, 1.807) is 0 Å². The highest BCUT2D eigenvalue weighted by Gasteiger charge is 2.15. The van der Waals surface area contributed by atoms with E-state index in [0.29, 0.717) is 6.54 Å². The van der Waals surface area contributed by atoms with Crippen LogP contribution in [0.4, 0.5) is 0 Å². The Bertz CT molecular complexity index is 406. The summed E-state index contributed by atoms with van der Waals surface area (Å²) >= 11 is 0. The van der Waals surface area contributed by atoms with Gasteiger partial charge >= 0.3 is 0 Å². The van der Waals surface area contributed by atoms with Gasteiger partial charge in [-0.1, -0.05) is 35.5 Å². The number of hydrogen-bond donors (Lipinski definition) is 3. The maximum absolute atomic E-state index is 11.8. The van der Waals surface area contributed by atoms with Gasteiger partial charge in [-0.2, -0.15) is 0 Å². The molecule has 0 heterocycles. The van der Waals surface area contributed by atoms with Gasteiger partial charge in [0.05, 0.1) is 13.0 Å². The zero-order valence-corrected chi connectivity index (χ0v) is 9.99. The second-order valence-electron chi connectivity index (χ2n) is 3.79. The van der Waals surface area contributed by atoms with E-state index in [1.165, 1.54) is 4.90 Å². The molecular weight excluding hydrogens is 234 g/mol. The van der Waals surface area contributed by atoms with Gasteiger partial charge in [-0.05, 0) is 5.56 Å². The molecule has 0 aliphatic rings. The molecule has 1 aromatic carbocycles. The number of nitrogens with two attached hydrogens (primary N) is 1. The number of aliphatic hydroxyl groups is 1. The van der Waals surface area contributed by atoms with Crippen molar-refractivity contribution in [3.8, 4) is 0 Å². The summed E-state index contributed by atoms with van der Waals surface area (Å²) in [5.74, 6) is -0.431. The van der Waals surface area contributed by atoms with E-state index in [2.05, 4.69) is 5.16 Å². The highest BCUT2D eigenvalue weighted by molar-refractivity contribution is 5.98. The van der Waals surface area contributed by atoms with E-state index in [0.717, 1.165) is 5.56 Å². The molecule has 1 amide bonds. The van der Waals surface area contributed by atoms with E-state index < -0.39 is 0 Å². The fourth-order valence-electron chi connectivity index (χ4n) is 1.52. The molecule has 1 aromatic rings. The monoisotopic (exact) mass is 251 g/mol. The SMILES string of the molecule is NC(CC(=O)N(CCO)Cc1ccccc1)=NO. The fraction of sp³-hybridized carbons (Fsp3) is 0.333. The van der Waals surface area contributed by atoms with Gasteiger partial charge in [-0.3, -0.25) is 4.79 Å². The number of hydrogen-bond acceptors (Lipinski definition) is 4. The Morgan fingerprint density at radius 1 is 1.33 bits per heavy atom. The molecular formula is C12H17N3O3. The predicted molar refractivity (Wildman–Crippen MR) is 67.0 cm³/mol. The van der Waals surface area contributed by atoms with E-state index in [1.807, 2.05) is 30.3 Å². The number of nitrogens with zero attached hydrogens (tertiary/aromatic N) is 2. The zero-order chi connectivity index (χ0) is 13.4. The van der Waals surface area contributed by atoms with E-state index in [9.17, 15) is 4.79 Å². The molecule has 0 aliphatic carbocycles. The lowest BCUT2D eigenvalue weighted by Gasteiger charge is -2.21. The first-order chi connectivity index (χ1) is 8.67. The van der Waals surface area contributed by atoms with Crippen LogP contribution in [-0.2, 0) is 11.3 Å². The third kappa shape index (κ3) is 4.42. The number of oxime groups is 1. The molecule has 0 fully saturated rings. The van der Waals surface area contributed by atoms with Crippen LogP contribution in [0.3, 0.4) is 0 Å². The fourth-order valence-corrected chi connectivity index (χ4v) is 1.52. The number of amidine groups is 1. The third-order valence-electron chi connectivity index (χ3n) is 2.40. The second kappa shape index (κ2) is 7.29. The van der Waals surface area contributed by atoms with E-state index in [4.69, 9.17) is 16.0 Å². The largest absolute Gasteiger partial charge is 0.409 e. The quantitative estimate of drug-likeness (QED) is 0.290. The van der Waals surface area contributed by atoms with Crippen LogP contribution < -0.4 is 5.73 Å². The minimum absolute atomic E-state index is 0.130. The topological polar surface area (TPSA) is 99.2 Å².